The standard InChI is InChI=1S/C17H11BrF2N2O3S/c1-25-14(23)8-22-15-12(20)6-11(19)7-13(15)26-17(22)21-16(24)9-2-4-10(18)5-3-9/h2-7H,8H2,1H3. The van der Waals surface area contributed by atoms with Crippen LogP contribution < -0.4 is 4.80 Å². The van der Waals surface area contributed by atoms with Gasteiger partial charge in [-0.25, -0.2) is 8.78 Å². The van der Waals surface area contributed by atoms with E-state index in [1.807, 2.05) is 0 Å². The molecule has 9 heteroatoms. The fourth-order valence-corrected chi connectivity index (χ4v) is 3.63. The molecule has 0 N–H and O–H groups in total. The number of rotatable bonds is 3. The average Bonchev–Trinajstić information content (AvgIpc) is 2.92. The Morgan fingerprint density at radius 1 is 1.23 bits per heavy atom. The monoisotopic (exact) mass is 440 g/mol. The van der Waals surface area contributed by atoms with Crippen LogP contribution in [0.5, 0.6) is 0 Å². The topological polar surface area (TPSA) is 60.7 Å². The fourth-order valence-electron chi connectivity index (χ4n) is 2.30. The highest BCUT2D eigenvalue weighted by Gasteiger charge is 2.16. The molecule has 2 aromatic carbocycles. The third-order valence-electron chi connectivity index (χ3n) is 3.50. The fraction of sp³-hybridized carbons (Fsp3) is 0.118. The number of amides is 1. The maximum Gasteiger partial charge on any atom is 0.325 e. The van der Waals surface area contributed by atoms with Crippen molar-refractivity contribution in [3.05, 3.63) is 62.9 Å². The minimum atomic E-state index is -0.849. The lowest BCUT2D eigenvalue weighted by Crippen LogP contribution is -2.22. The van der Waals surface area contributed by atoms with Crippen LogP contribution in [0.2, 0.25) is 0 Å². The number of hydrogen-bond donors (Lipinski definition) is 0. The van der Waals surface area contributed by atoms with Gasteiger partial charge in [-0.2, -0.15) is 4.99 Å². The van der Waals surface area contributed by atoms with E-state index in [0.717, 1.165) is 21.9 Å². The van der Waals surface area contributed by atoms with Crippen molar-refractivity contribution in [2.75, 3.05) is 7.11 Å². The lowest BCUT2D eigenvalue weighted by molar-refractivity contribution is -0.141. The number of benzene rings is 2. The summed E-state index contributed by atoms with van der Waals surface area (Å²) in [5.41, 5.74) is 0.311. The Morgan fingerprint density at radius 2 is 1.92 bits per heavy atom. The van der Waals surface area contributed by atoms with Crippen molar-refractivity contribution in [3.8, 4) is 0 Å². The first-order valence-corrected chi connectivity index (χ1v) is 8.90. The number of hydrogen-bond acceptors (Lipinski definition) is 4. The molecule has 3 rings (SSSR count). The molecular formula is C17H11BrF2N2O3S. The van der Waals surface area contributed by atoms with Crippen molar-refractivity contribution >= 4 is 49.4 Å². The van der Waals surface area contributed by atoms with Crippen molar-refractivity contribution in [1.82, 2.24) is 4.57 Å². The van der Waals surface area contributed by atoms with E-state index in [0.29, 0.717) is 11.6 Å². The number of fused-ring (bicyclic) bond motifs is 1. The Kier molecular flexibility index (Phi) is 5.28. The van der Waals surface area contributed by atoms with Crippen LogP contribution in [0.4, 0.5) is 8.78 Å². The molecule has 0 radical (unpaired) electrons. The SMILES string of the molecule is COC(=O)Cn1c(=NC(=O)c2ccc(Br)cc2)sc2cc(F)cc(F)c21. The first-order valence-electron chi connectivity index (χ1n) is 7.29. The van der Waals surface area contributed by atoms with E-state index in [2.05, 4.69) is 25.7 Å². The van der Waals surface area contributed by atoms with Crippen LogP contribution in [0.25, 0.3) is 10.2 Å². The van der Waals surface area contributed by atoms with Gasteiger partial charge in [0.25, 0.3) is 5.91 Å². The van der Waals surface area contributed by atoms with Crippen molar-refractivity contribution in [2.45, 2.75) is 6.54 Å². The number of esters is 1. The summed E-state index contributed by atoms with van der Waals surface area (Å²) in [7, 11) is 1.19. The molecule has 1 amide bonds. The normalized spacial score (nSPS) is 11.8. The van der Waals surface area contributed by atoms with E-state index in [4.69, 9.17) is 0 Å². The van der Waals surface area contributed by atoms with Gasteiger partial charge in [0.2, 0.25) is 0 Å². The molecule has 0 aliphatic heterocycles. The number of carbonyl (C=O) groups excluding carboxylic acids is 2. The molecule has 0 saturated heterocycles. The van der Waals surface area contributed by atoms with Gasteiger partial charge in [-0.15, -0.1) is 0 Å². The molecule has 26 heavy (non-hydrogen) atoms. The second kappa shape index (κ2) is 7.46. The number of ether oxygens (including phenoxy) is 1. The zero-order chi connectivity index (χ0) is 18.8. The van der Waals surface area contributed by atoms with Gasteiger partial charge in [0.1, 0.15) is 12.4 Å². The first-order chi connectivity index (χ1) is 12.4. The molecule has 0 saturated carbocycles. The summed E-state index contributed by atoms with van der Waals surface area (Å²) >= 11 is 4.18. The maximum atomic E-state index is 14.2. The van der Waals surface area contributed by atoms with Gasteiger partial charge in [0, 0.05) is 16.1 Å². The Balaban J connectivity index is 2.18. The Bertz CT molecular complexity index is 1070. The van der Waals surface area contributed by atoms with Crippen LogP contribution in [0, 0.1) is 11.6 Å². The second-order valence-corrected chi connectivity index (χ2v) is 7.13. The molecule has 0 atom stereocenters. The maximum absolute atomic E-state index is 14.2. The van der Waals surface area contributed by atoms with E-state index in [-0.39, 0.29) is 21.6 Å². The largest absolute Gasteiger partial charge is 0.468 e. The van der Waals surface area contributed by atoms with Gasteiger partial charge < -0.3 is 9.30 Å². The number of thiazole rings is 1. The zero-order valence-corrected chi connectivity index (χ0v) is 15.7. The summed E-state index contributed by atoms with van der Waals surface area (Å²) in [6, 6.07) is 8.36. The third-order valence-corrected chi connectivity index (χ3v) is 5.05. The molecule has 0 fully saturated rings. The molecule has 134 valence electrons. The van der Waals surface area contributed by atoms with Crippen LogP contribution >= 0.6 is 27.3 Å². The number of methoxy groups -OCH3 is 1. The van der Waals surface area contributed by atoms with Gasteiger partial charge in [0.05, 0.1) is 17.3 Å². The summed E-state index contributed by atoms with van der Waals surface area (Å²) in [5.74, 6) is -2.82. The predicted octanol–water partition coefficient (Wildman–Crippen LogP) is 3.66. The van der Waals surface area contributed by atoms with Crippen LogP contribution in [0.1, 0.15) is 10.4 Å². The lowest BCUT2D eigenvalue weighted by Gasteiger charge is -2.04. The van der Waals surface area contributed by atoms with Crippen LogP contribution in [0.15, 0.2) is 45.9 Å². The van der Waals surface area contributed by atoms with Crippen LogP contribution in [-0.4, -0.2) is 23.6 Å². The van der Waals surface area contributed by atoms with Crippen molar-refractivity contribution in [2.24, 2.45) is 4.99 Å². The number of halogens is 3. The summed E-state index contributed by atoms with van der Waals surface area (Å²) in [6.45, 7) is -0.356. The molecule has 0 spiro atoms. The number of nitrogens with zero attached hydrogens (tertiary/aromatic N) is 2. The van der Waals surface area contributed by atoms with E-state index < -0.39 is 23.5 Å². The van der Waals surface area contributed by atoms with Gasteiger partial charge >= 0.3 is 5.97 Å². The quantitative estimate of drug-likeness (QED) is 0.583. The minimum Gasteiger partial charge on any atom is -0.468 e. The molecule has 1 heterocycles. The van der Waals surface area contributed by atoms with Crippen molar-refractivity contribution in [3.63, 3.8) is 0 Å². The molecule has 0 unspecified atom stereocenters. The van der Waals surface area contributed by atoms with Gasteiger partial charge in [-0.1, -0.05) is 27.3 Å². The van der Waals surface area contributed by atoms with Gasteiger partial charge in [-0.3, -0.25) is 9.59 Å². The molecule has 5 nitrogen and oxygen atoms in total. The van der Waals surface area contributed by atoms with Crippen LogP contribution in [-0.2, 0) is 16.1 Å². The third kappa shape index (κ3) is 3.73. The van der Waals surface area contributed by atoms with E-state index in [9.17, 15) is 18.4 Å². The summed E-state index contributed by atoms with van der Waals surface area (Å²) in [6.07, 6.45) is 0. The Morgan fingerprint density at radius 3 is 2.58 bits per heavy atom. The van der Waals surface area contributed by atoms with E-state index in [1.54, 1.807) is 24.3 Å². The zero-order valence-electron chi connectivity index (χ0n) is 13.3. The molecule has 3 aromatic rings. The predicted molar refractivity (Wildman–Crippen MR) is 95.8 cm³/mol. The highest BCUT2D eigenvalue weighted by atomic mass is 79.9. The molecule has 0 aliphatic rings. The van der Waals surface area contributed by atoms with Gasteiger partial charge in [-0.05, 0) is 30.3 Å². The number of carbonyl (C=O) groups is 2. The average molecular weight is 441 g/mol. The molecule has 0 bridgehead atoms. The number of aromatic nitrogens is 1. The highest BCUT2D eigenvalue weighted by Crippen LogP contribution is 2.22. The molecule has 0 aliphatic carbocycles. The summed E-state index contributed by atoms with van der Waals surface area (Å²) < 4.78 is 34.6. The van der Waals surface area contributed by atoms with E-state index in [1.165, 1.54) is 11.7 Å². The Labute approximate surface area is 158 Å². The summed E-state index contributed by atoms with van der Waals surface area (Å²) in [5, 5.41) is 0. The van der Waals surface area contributed by atoms with E-state index >= 15 is 0 Å². The summed E-state index contributed by atoms with van der Waals surface area (Å²) in [4.78, 5) is 28.1. The van der Waals surface area contributed by atoms with Gasteiger partial charge in [0.15, 0.2) is 10.6 Å². The van der Waals surface area contributed by atoms with Crippen LogP contribution in [0.3, 0.4) is 0 Å². The highest BCUT2D eigenvalue weighted by molar-refractivity contribution is 9.10. The second-order valence-electron chi connectivity index (χ2n) is 5.21. The molecule has 1 aromatic heterocycles. The van der Waals surface area contributed by atoms with Crippen molar-refractivity contribution in [1.29, 1.82) is 0 Å². The first kappa shape index (κ1) is 18.4. The Hall–Kier alpha value is -2.39. The lowest BCUT2D eigenvalue weighted by atomic mass is 10.2. The minimum absolute atomic E-state index is 0.0100. The smallest absolute Gasteiger partial charge is 0.325 e. The van der Waals surface area contributed by atoms with Crippen molar-refractivity contribution < 1.29 is 23.1 Å². The molecular weight excluding hydrogens is 430 g/mol.